The van der Waals surface area contributed by atoms with Crippen LogP contribution in [0.2, 0.25) is 0 Å². The molecule has 2 aromatic rings. The van der Waals surface area contributed by atoms with Crippen molar-refractivity contribution in [3.05, 3.63) is 53.3 Å². The lowest BCUT2D eigenvalue weighted by Gasteiger charge is -2.19. The van der Waals surface area contributed by atoms with Gasteiger partial charge in [0.1, 0.15) is 30.1 Å². The summed E-state index contributed by atoms with van der Waals surface area (Å²) in [4.78, 5) is 22.8. The molecule has 0 aliphatic heterocycles. The predicted molar refractivity (Wildman–Crippen MR) is 102 cm³/mol. The van der Waals surface area contributed by atoms with E-state index in [-0.39, 0.29) is 35.6 Å². The molecular formula is C21H21F4NO4. The van der Waals surface area contributed by atoms with Crippen molar-refractivity contribution in [2.24, 2.45) is 0 Å². The third kappa shape index (κ3) is 6.75. The highest BCUT2D eigenvalue weighted by atomic mass is 19.4. The topological polar surface area (TPSA) is 64.6 Å². The molecule has 1 N–H and O–H groups in total. The molecule has 0 atom stereocenters. The van der Waals surface area contributed by atoms with E-state index < -0.39 is 29.3 Å². The summed E-state index contributed by atoms with van der Waals surface area (Å²) in [6, 6.07) is 5.97. The summed E-state index contributed by atoms with van der Waals surface area (Å²) in [6.07, 6.45) is -4.81. The van der Waals surface area contributed by atoms with Crippen molar-refractivity contribution in [2.75, 3.05) is 13.2 Å². The number of hydrogen-bond donors (Lipinski definition) is 1. The van der Waals surface area contributed by atoms with Gasteiger partial charge in [-0.05, 0) is 62.7 Å². The number of alkyl halides is 3. The summed E-state index contributed by atoms with van der Waals surface area (Å²) in [5.74, 6) is -0.735. The van der Waals surface area contributed by atoms with Crippen LogP contribution in [0.5, 0.6) is 5.75 Å². The first kappa shape index (κ1) is 23.2. The molecule has 162 valence electrons. The number of hydrogen-bond acceptors (Lipinski definition) is 4. The van der Waals surface area contributed by atoms with Gasteiger partial charge in [0.05, 0.1) is 12.1 Å². The lowest BCUT2D eigenvalue weighted by atomic mass is 10.00. The molecule has 0 radical (unpaired) electrons. The van der Waals surface area contributed by atoms with Crippen LogP contribution in [0.4, 0.5) is 22.4 Å². The van der Waals surface area contributed by atoms with E-state index in [1.54, 1.807) is 20.8 Å². The normalized spacial score (nSPS) is 11.7. The molecule has 0 saturated carbocycles. The summed E-state index contributed by atoms with van der Waals surface area (Å²) in [7, 11) is 0. The van der Waals surface area contributed by atoms with Crippen molar-refractivity contribution in [1.29, 1.82) is 0 Å². The third-order valence-corrected chi connectivity index (χ3v) is 3.71. The Kier molecular flexibility index (Phi) is 7.07. The van der Waals surface area contributed by atoms with Crippen LogP contribution in [0.25, 0.3) is 11.1 Å². The highest BCUT2D eigenvalue weighted by Gasteiger charge is 2.31. The van der Waals surface area contributed by atoms with Gasteiger partial charge in [0.25, 0.3) is 0 Å². The van der Waals surface area contributed by atoms with Crippen LogP contribution in [0.1, 0.15) is 36.7 Å². The van der Waals surface area contributed by atoms with Gasteiger partial charge in [-0.1, -0.05) is 0 Å². The number of rotatable bonds is 6. The monoisotopic (exact) mass is 427 g/mol. The number of amides is 1. The summed E-state index contributed by atoms with van der Waals surface area (Å²) in [6.45, 7) is 5.20. The Labute approximate surface area is 171 Å². The second kappa shape index (κ2) is 9.15. The van der Waals surface area contributed by atoms with Gasteiger partial charge in [0.2, 0.25) is 0 Å². The van der Waals surface area contributed by atoms with E-state index in [9.17, 15) is 27.2 Å². The molecule has 0 bridgehead atoms. The highest BCUT2D eigenvalue weighted by Crippen LogP contribution is 2.35. The van der Waals surface area contributed by atoms with Gasteiger partial charge in [-0.25, -0.2) is 9.18 Å². The zero-order valence-corrected chi connectivity index (χ0v) is 16.6. The summed E-state index contributed by atoms with van der Waals surface area (Å²) in [5.41, 5.74) is -1.84. The minimum atomic E-state index is -4.64. The van der Waals surface area contributed by atoms with Crippen LogP contribution in [-0.4, -0.2) is 31.1 Å². The standard InChI is InChI=1S/C21H21F4NO4/c1-20(2,3)30-19(28)26-6-7-29-16-9-13(12-27)8-14(10-16)17-11-15(21(23,24)25)4-5-18(17)22/h4-5,8-12H,6-7H2,1-3H3,(H,26,28). The maximum absolute atomic E-state index is 14.2. The maximum Gasteiger partial charge on any atom is 0.416 e. The Morgan fingerprint density at radius 1 is 1.10 bits per heavy atom. The fourth-order valence-electron chi connectivity index (χ4n) is 2.49. The van der Waals surface area contributed by atoms with Gasteiger partial charge in [0.15, 0.2) is 0 Å². The number of alkyl carbamates (subject to hydrolysis) is 1. The number of ether oxygens (including phenoxy) is 2. The Morgan fingerprint density at radius 3 is 2.40 bits per heavy atom. The Bertz CT molecular complexity index is 920. The van der Waals surface area contributed by atoms with Gasteiger partial charge < -0.3 is 14.8 Å². The van der Waals surface area contributed by atoms with Crippen LogP contribution in [-0.2, 0) is 10.9 Å². The first-order valence-electron chi connectivity index (χ1n) is 8.96. The smallest absolute Gasteiger partial charge is 0.416 e. The van der Waals surface area contributed by atoms with Gasteiger partial charge in [-0.15, -0.1) is 0 Å². The maximum atomic E-state index is 14.2. The van der Waals surface area contributed by atoms with Crippen LogP contribution in [0.3, 0.4) is 0 Å². The molecule has 0 aromatic heterocycles. The van der Waals surface area contributed by atoms with Gasteiger partial charge in [-0.2, -0.15) is 13.2 Å². The summed E-state index contributed by atoms with van der Waals surface area (Å²) in [5, 5.41) is 2.48. The Morgan fingerprint density at radius 2 is 1.80 bits per heavy atom. The minimum absolute atomic E-state index is 0.00787. The molecule has 0 spiro atoms. The van der Waals surface area contributed by atoms with E-state index in [0.717, 1.165) is 6.07 Å². The summed E-state index contributed by atoms with van der Waals surface area (Å²) >= 11 is 0. The molecule has 0 saturated heterocycles. The number of halogens is 4. The average Bonchev–Trinajstić information content (AvgIpc) is 2.63. The van der Waals surface area contributed by atoms with Crippen LogP contribution in [0.15, 0.2) is 36.4 Å². The van der Waals surface area contributed by atoms with E-state index in [2.05, 4.69) is 5.32 Å². The quantitative estimate of drug-likeness (QED) is 0.390. The molecular weight excluding hydrogens is 406 g/mol. The summed E-state index contributed by atoms with van der Waals surface area (Å²) < 4.78 is 63.6. The number of benzene rings is 2. The fourth-order valence-corrected chi connectivity index (χ4v) is 2.49. The first-order chi connectivity index (χ1) is 13.9. The van der Waals surface area contributed by atoms with Crippen molar-refractivity contribution in [1.82, 2.24) is 5.32 Å². The zero-order chi connectivity index (χ0) is 22.5. The van der Waals surface area contributed by atoms with Gasteiger partial charge >= 0.3 is 12.3 Å². The highest BCUT2D eigenvalue weighted by molar-refractivity contribution is 5.80. The lowest BCUT2D eigenvalue weighted by Crippen LogP contribution is -2.34. The Hall–Kier alpha value is -3.10. The SMILES string of the molecule is CC(C)(C)OC(=O)NCCOc1cc(C=O)cc(-c2cc(C(F)(F)F)ccc2F)c1. The van der Waals surface area contributed by atoms with Crippen molar-refractivity contribution in [3.8, 4) is 16.9 Å². The molecule has 30 heavy (non-hydrogen) atoms. The van der Waals surface area contributed by atoms with Crippen LogP contribution < -0.4 is 10.1 Å². The molecule has 1 amide bonds. The second-order valence-electron chi connectivity index (χ2n) is 7.38. The number of carbonyl (C=O) groups is 2. The molecule has 5 nitrogen and oxygen atoms in total. The minimum Gasteiger partial charge on any atom is -0.492 e. The third-order valence-electron chi connectivity index (χ3n) is 3.71. The van der Waals surface area contributed by atoms with Crippen molar-refractivity contribution in [2.45, 2.75) is 32.5 Å². The average molecular weight is 427 g/mol. The predicted octanol–water partition coefficient (Wildman–Crippen LogP) is 5.23. The molecule has 0 fully saturated rings. The molecule has 0 unspecified atom stereocenters. The number of carbonyl (C=O) groups excluding carboxylic acids is 2. The molecule has 2 aromatic carbocycles. The lowest BCUT2D eigenvalue weighted by molar-refractivity contribution is -0.137. The fraction of sp³-hybridized carbons (Fsp3) is 0.333. The van der Waals surface area contributed by atoms with E-state index in [1.807, 2.05) is 0 Å². The van der Waals surface area contributed by atoms with E-state index in [0.29, 0.717) is 18.4 Å². The van der Waals surface area contributed by atoms with E-state index >= 15 is 0 Å². The second-order valence-corrected chi connectivity index (χ2v) is 7.38. The largest absolute Gasteiger partial charge is 0.492 e. The molecule has 9 heteroatoms. The van der Waals surface area contributed by atoms with Crippen molar-refractivity contribution >= 4 is 12.4 Å². The van der Waals surface area contributed by atoms with E-state index in [4.69, 9.17) is 9.47 Å². The van der Waals surface area contributed by atoms with Crippen molar-refractivity contribution in [3.63, 3.8) is 0 Å². The first-order valence-corrected chi connectivity index (χ1v) is 8.96. The number of nitrogens with one attached hydrogen (secondary N) is 1. The van der Waals surface area contributed by atoms with E-state index in [1.165, 1.54) is 18.2 Å². The van der Waals surface area contributed by atoms with Crippen molar-refractivity contribution < 1.29 is 36.6 Å². The molecule has 2 rings (SSSR count). The Balaban J connectivity index is 2.17. The molecule has 0 aliphatic carbocycles. The van der Waals surface area contributed by atoms with Crippen LogP contribution in [0, 0.1) is 5.82 Å². The molecule has 0 heterocycles. The van der Waals surface area contributed by atoms with Crippen LogP contribution >= 0.6 is 0 Å². The molecule has 0 aliphatic rings. The van der Waals surface area contributed by atoms with Gasteiger partial charge in [0, 0.05) is 11.1 Å². The zero-order valence-electron chi connectivity index (χ0n) is 16.6. The number of aldehydes is 1. The van der Waals surface area contributed by atoms with Gasteiger partial charge in [-0.3, -0.25) is 4.79 Å².